The Hall–Kier alpha value is -3.18. The highest BCUT2D eigenvalue weighted by Crippen LogP contribution is 2.38. The fourth-order valence-electron chi connectivity index (χ4n) is 5.05. The van der Waals surface area contributed by atoms with E-state index in [1.54, 1.807) is 16.7 Å². The third-order valence-electron chi connectivity index (χ3n) is 7.03. The molecule has 5 rings (SSSR count). The van der Waals surface area contributed by atoms with Crippen LogP contribution in [0.1, 0.15) is 42.2 Å². The van der Waals surface area contributed by atoms with E-state index < -0.39 is 11.9 Å². The van der Waals surface area contributed by atoms with E-state index in [1.807, 2.05) is 13.8 Å². The van der Waals surface area contributed by atoms with Crippen LogP contribution in [0, 0.1) is 5.82 Å². The van der Waals surface area contributed by atoms with Gasteiger partial charge in [0.15, 0.2) is 6.29 Å². The first-order valence-corrected chi connectivity index (χ1v) is 12.5. The minimum absolute atomic E-state index is 0.0407. The quantitative estimate of drug-likeness (QED) is 0.300. The summed E-state index contributed by atoms with van der Waals surface area (Å²) in [5.41, 5.74) is 9.34. The Labute approximate surface area is 215 Å². The molecule has 2 aromatic heterocycles. The summed E-state index contributed by atoms with van der Waals surface area (Å²) in [7, 11) is 3.54. The molecule has 4 heterocycles. The number of aliphatic hydroxyl groups is 1. The number of nitrogen functional groups attached to an aromatic ring is 1. The van der Waals surface area contributed by atoms with Gasteiger partial charge in [0, 0.05) is 68.0 Å². The van der Waals surface area contributed by atoms with Crippen LogP contribution in [0.2, 0.25) is 0 Å². The molecule has 0 radical (unpaired) electrons. The first kappa shape index (κ1) is 26.9. The number of carbonyl (C=O) groups excluding carboxylic acids is 1. The van der Waals surface area contributed by atoms with Crippen LogP contribution in [0.5, 0.6) is 0 Å². The van der Waals surface area contributed by atoms with Crippen LogP contribution in [0.3, 0.4) is 0 Å². The van der Waals surface area contributed by atoms with Crippen LogP contribution in [-0.4, -0.2) is 71.1 Å². The molecule has 3 aromatic rings. The summed E-state index contributed by atoms with van der Waals surface area (Å²) < 4.78 is 21.2. The molecule has 9 nitrogen and oxygen atoms in total. The molecule has 1 aromatic carbocycles. The summed E-state index contributed by atoms with van der Waals surface area (Å²) >= 11 is 0. The molecule has 10 heteroatoms. The van der Waals surface area contributed by atoms with Gasteiger partial charge in [-0.05, 0) is 24.7 Å². The topological polar surface area (TPSA) is 114 Å². The molecular formula is C27H34FN5O4. The maximum Gasteiger partial charge on any atom is 0.257 e. The monoisotopic (exact) mass is 511 g/mol. The fourth-order valence-corrected chi connectivity index (χ4v) is 5.05. The number of methoxy groups -OCH3 is 1. The zero-order valence-corrected chi connectivity index (χ0v) is 21.8. The number of piperazine rings is 1. The molecule has 2 aliphatic heterocycles. The molecular weight excluding hydrogens is 477 g/mol. The van der Waals surface area contributed by atoms with Gasteiger partial charge in [0.05, 0.1) is 35.7 Å². The molecule has 0 bridgehead atoms. The highest BCUT2D eigenvalue weighted by atomic mass is 19.1. The van der Waals surface area contributed by atoms with Crippen LogP contribution in [0.25, 0.3) is 22.3 Å². The van der Waals surface area contributed by atoms with E-state index in [9.17, 15) is 19.1 Å². The number of nitrogens with two attached hydrogens (primary N) is 1. The number of likely N-dealkylation sites (N-methyl/N-ethyl adjacent to an activating group) is 1. The minimum Gasteiger partial charge on any atom is -0.396 e. The standard InChI is InChI=1S/C25H28FN5O4.C2H6/c1-29-3-5-30(6-4-29)10-16-14-7-20(27)19(26)9-21(14)28-24-17(16)11-31-22(24)8-15(23(33)12-32)18(13-35-2)25(31)34;1-2/h7-9,12,23,33H,3-6,10-11,13,27H2,1-2H3;1-2H3. The second kappa shape index (κ2) is 11.1. The van der Waals surface area contributed by atoms with E-state index in [4.69, 9.17) is 15.5 Å². The van der Waals surface area contributed by atoms with E-state index in [0.717, 1.165) is 42.7 Å². The Bertz CT molecular complexity index is 1380. The Morgan fingerprint density at radius 3 is 2.54 bits per heavy atom. The van der Waals surface area contributed by atoms with Crippen molar-refractivity contribution in [3.63, 3.8) is 0 Å². The Kier molecular flexibility index (Phi) is 8.03. The summed E-state index contributed by atoms with van der Waals surface area (Å²) in [5, 5.41) is 11.1. The number of rotatable bonds is 6. The van der Waals surface area contributed by atoms with Gasteiger partial charge in [0.25, 0.3) is 5.56 Å². The molecule has 0 spiro atoms. The second-order valence-corrected chi connectivity index (χ2v) is 9.26. The number of aldehydes is 1. The van der Waals surface area contributed by atoms with Gasteiger partial charge >= 0.3 is 0 Å². The molecule has 198 valence electrons. The van der Waals surface area contributed by atoms with Crippen LogP contribution in [-0.2, 0) is 29.2 Å². The predicted molar refractivity (Wildman–Crippen MR) is 141 cm³/mol. The van der Waals surface area contributed by atoms with Gasteiger partial charge in [-0.25, -0.2) is 9.37 Å². The number of anilines is 1. The van der Waals surface area contributed by atoms with Crippen LogP contribution >= 0.6 is 0 Å². The van der Waals surface area contributed by atoms with Crippen molar-refractivity contribution in [3.8, 4) is 11.4 Å². The molecule has 0 saturated carbocycles. The van der Waals surface area contributed by atoms with Crippen molar-refractivity contribution >= 4 is 22.9 Å². The van der Waals surface area contributed by atoms with Crippen LogP contribution in [0.4, 0.5) is 10.1 Å². The number of ether oxygens (including phenoxy) is 1. The van der Waals surface area contributed by atoms with Crippen molar-refractivity contribution in [2.75, 3.05) is 46.1 Å². The maximum absolute atomic E-state index is 14.4. The molecule has 1 fully saturated rings. The summed E-state index contributed by atoms with van der Waals surface area (Å²) in [4.78, 5) is 34.1. The second-order valence-electron chi connectivity index (χ2n) is 9.26. The molecule has 2 aliphatic rings. The van der Waals surface area contributed by atoms with Crippen molar-refractivity contribution < 1.29 is 19.0 Å². The summed E-state index contributed by atoms with van der Waals surface area (Å²) in [6, 6.07) is 4.56. The third-order valence-corrected chi connectivity index (χ3v) is 7.03. The third kappa shape index (κ3) is 4.89. The molecule has 37 heavy (non-hydrogen) atoms. The normalized spacial score (nSPS) is 16.2. The Morgan fingerprint density at radius 2 is 1.89 bits per heavy atom. The molecule has 1 atom stereocenters. The predicted octanol–water partition coefficient (Wildman–Crippen LogP) is 2.30. The lowest BCUT2D eigenvalue weighted by Gasteiger charge is -2.33. The van der Waals surface area contributed by atoms with E-state index in [-0.39, 0.29) is 35.5 Å². The molecule has 1 saturated heterocycles. The number of aromatic nitrogens is 2. The first-order valence-electron chi connectivity index (χ1n) is 12.5. The number of carbonyl (C=O) groups is 1. The Balaban J connectivity index is 0.00000156. The van der Waals surface area contributed by atoms with Crippen molar-refractivity contribution in [2.24, 2.45) is 0 Å². The van der Waals surface area contributed by atoms with Crippen molar-refractivity contribution in [2.45, 2.75) is 39.6 Å². The first-order chi connectivity index (χ1) is 17.8. The van der Waals surface area contributed by atoms with Crippen LogP contribution < -0.4 is 11.3 Å². The van der Waals surface area contributed by atoms with Crippen LogP contribution in [0.15, 0.2) is 23.0 Å². The lowest BCUT2D eigenvalue weighted by molar-refractivity contribution is -0.115. The summed E-state index contributed by atoms with van der Waals surface area (Å²) in [5.74, 6) is -0.557. The smallest absolute Gasteiger partial charge is 0.257 e. The Morgan fingerprint density at radius 1 is 1.19 bits per heavy atom. The SMILES string of the molecule is CC.COCc1c(C(O)C=O)cc2n(c1=O)Cc1c-2nc2cc(F)c(N)cc2c1CN1CCN(C)CC1. The lowest BCUT2D eigenvalue weighted by Crippen LogP contribution is -2.44. The highest BCUT2D eigenvalue weighted by Gasteiger charge is 2.30. The van der Waals surface area contributed by atoms with Crippen molar-refractivity contribution in [3.05, 3.63) is 56.6 Å². The number of fused-ring (bicyclic) bond motifs is 4. The van der Waals surface area contributed by atoms with Gasteiger partial charge in [0.2, 0.25) is 0 Å². The van der Waals surface area contributed by atoms with Gasteiger partial charge in [-0.15, -0.1) is 0 Å². The van der Waals surface area contributed by atoms with Gasteiger partial charge in [-0.1, -0.05) is 13.8 Å². The van der Waals surface area contributed by atoms with Gasteiger partial charge in [-0.2, -0.15) is 0 Å². The fraction of sp³-hybridized carbons (Fsp3) is 0.444. The summed E-state index contributed by atoms with van der Waals surface area (Å²) in [6.45, 7) is 8.49. The highest BCUT2D eigenvalue weighted by molar-refractivity contribution is 5.90. The average Bonchev–Trinajstić information content (AvgIpc) is 3.27. The van der Waals surface area contributed by atoms with Gasteiger partial charge in [0.1, 0.15) is 11.9 Å². The lowest BCUT2D eigenvalue weighted by atomic mass is 9.98. The van der Waals surface area contributed by atoms with E-state index in [0.29, 0.717) is 29.7 Å². The van der Waals surface area contributed by atoms with E-state index in [2.05, 4.69) is 16.8 Å². The number of pyridine rings is 2. The molecule has 3 N–H and O–H groups in total. The van der Waals surface area contributed by atoms with Crippen molar-refractivity contribution in [1.82, 2.24) is 19.4 Å². The zero-order chi connectivity index (χ0) is 26.9. The molecule has 0 amide bonds. The van der Waals surface area contributed by atoms with Gasteiger partial charge < -0.3 is 29.8 Å². The number of aliphatic hydroxyl groups excluding tert-OH is 1. The minimum atomic E-state index is -1.47. The largest absolute Gasteiger partial charge is 0.396 e. The van der Waals surface area contributed by atoms with Crippen molar-refractivity contribution in [1.29, 1.82) is 0 Å². The van der Waals surface area contributed by atoms with E-state index in [1.165, 1.54) is 13.2 Å². The number of hydrogen-bond donors (Lipinski definition) is 2. The number of halogens is 1. The molecule has 0 aliphatic carbocycles. The maximum atomic E-state index is 14.4. The zero-order valence-electron chi connectivity index (χ0n) is 21.8. The van der Waals surface area contributed by atoms with E-state index >= 15 is 0 Å². The molecule has 1 unspecified atom stereocenters. The van der Waals surface area contributed by atoms with Gasteiger partial charge in [-0.3, -0.25) is 9.69 Å². The number of benzene rings is 1. The number of nitrogens with zero attached hydrogens (tertiary/aromatic N) is 4. The average molecular weight is 512 g/mol. The summed E-state index contributed by atoms with van der Waals surface area (Å²) in [6.07, 6.45) is -1.09. The number of hydrogen-bond acceptors (Lipinski definition) is 8.